The van der Waals surface area contributed by atoms with Crippen LogP contribution in [0.15, 0.2) is 48.5 Å². The molecule has 5 rings (SSSR count). The van der Waals surface area contributed by atoms with Crippen LogP contribution < -0.4 is 10.1 Å². The lowest BCUT2D eigenvalue weighted by atomic mass is 9.89. The molecule has 1 amide bonds. The second-order valence-electron chi connectivity index (χ2n) is 8.24. The van der Waals surface area contributed by atoms with E-state index in [9.17, 15) is 9.18 Å². The number of anilines is 1. The maximum Gasteiger partial charge on any atom is 0.293 e. The molecular weight excluding hydrogens is 397 g/mol. The lowest BCUT2D eigenvalue weighted by Crippen LogP contribution is -2.31. The molecule has 0 radical (unpaired) electrons. The summed E-state index contributed by atoms with van der Waals surface area (Å²) in [6, 6.07) is 14.1. The minimum atomic E-state index is -0.274. The minimum Gasteiger partial charge on any atom is -0.497 e. The van der Waals surface area contributed by atoms with Gasteiger partial charge in [0.25, 0.3) is 5.91 Å². The molecule has 1 fully saturated rings. The van der Waals surface area contributed by atoms with Crippen LogP contribution in [0.25, 0.3) is 0 Å². The summed E-state index contributed by atoms with van der Waals surface area (Å²) in [6.07, 6.45) is 0.779. The van der Waals surface area contributed by atoms with Crippen molar-refractivity contribution in [3.05, 3.63) is 71.6 Å². The van der Waals surface area contributed by atoms with Gasteiger partial charge in [0, 0.05) is 43.9 Å². The van der Waals surface area contributed by atoms with Gasteiger partial charge < -0.3 is 14.6 Å². The molecule has 31 heavy (non-hydrogen) atoms. The van der Waals surface area contributed by atoms with Crippen LogP contribution in [-0.4, -0.2) is 45.8 Å². The highest BCUT2D eigenvalue weighted by molar-refractivity contribution is 6.01. The molecule has 2 atom stereocenters. The van der Waals surface area contributed by atoms with Gasteiger partial charge in [-0.25, -0.2) is 4.39 Å². The zero-order chi connectivity index (χ0) is 21.4. The summed E-state index contributed by atoms with van der Waals surface area (Å²) in [4.78, 5) is 15.1. The fourth-order valence-electron chi connectivity index (χ4n) is 4.65. The Kier molecular flexibility index (Phi) is 5.15. The Morgan fingerprint density at radius 2 is 1.87 bits per heavy atom. The van der Waals surface area contributed by atoms with Gasteiger partial charge in [-0.1, -0.05) is 18.2 Å². The number of nitrogens with zero attached hydrogens (tertiary/aromatic N) is 4. The van der Waals surface area contributed by atoms with E-state index in [-0.39, 0.29) is 11.7 Å². The van der Waals surface area contributed by atoms with E-state index in [2.05, 4.69) is 20.4 Å². The summed E-state index contributed by atoms with van der Waals surface area (Å²) in [7, 11) is 1.60. The summed E-state index contributed by atoms with van der Waals surface area (Å²) in [5, 5.41) is 11.3. The fourth-order valence-corrected chi connectivity index (χ4v) is 4.65. The number of hydrogen-bond acceptors (Lipinski definition) is 5. The first kappa shape index (κ1) is 19.7. The van der Waals surface area contributed by atoms with Crippen LogP contribution in [0.1, 0.15) is 22.0 Å². The number of ether oxygens (including phenoxy) is 1. The molecule has 1 saturated heterocycles. The molecule has 2 aliphatic rings. The normalized spacial score (nSPS) is 20.2. The summed E-state index contributed by atoms with van der Waals surface area (Å²) < 4.78 is 21.1. The number of fused-ring (bicyclic) bond motifs is 2. The summed E-state index contributed by atoms with van der Waals surface area (Å²) in [6.45, 7) is 3.08. The number of halogens is 1. The number of benzene rings is 2. The van der Waals surface area contributed by atoms with Gasteiger partial charge in [-0.2, -0.15) is 0 Å². The molecule has 0 spiro atoms. The standard InChI is InChI=1S/C23H24FN5O2/c1-31-19-8-6-18(7-9-19)25-23(30)22-27-26-21-10-16-12-28(13-17(16)14-29(21)22)11-15-4-2-3-5-20(15)24/h2-9,16-17H,10-14H2,1H3,(H,25,30)/t16-,17-/m1/s1. The van der Waals surface area contributed by atoms with E-state index in [0.29, 0.717) is 36.4 Å². The zero-order valence-corrected chi connectivity index (χ0v) is 17.3. The Morgan fingerprint density at radius 3 is 2.65 bits per heavy atom. The second-order valence-corrected chi connectivity index (χ2v) is 8.24. The molecule has 1 aromatic heterocycles. The zero-order valence-electron chi connectivity index (χ0n) is 17.3. The first-order chi connectivity index (χ1) is 15.1. The van der Waals surface area contributed by atoms with Crippen molar-refractivity contribution < 1.29 is 13.9 Å². The first-order valence-electron chi connectivity index (χ1n) is 10.4. The van der Waals surface area contributed by atoms with Gasteiger partial charge in [0.2, 0.25) is 5.82 Å². The topological polar surface area (TPSA) is 72.3 Å². The second kappa shape index (κ2) is 8.11. The molecule has 8 heteroatoms. The number of methoxy groups -OCH3 is 1. The molecule has 3 aromatic rings. The van der Waals surface area contributed by atoms with Gasteiger partial charge >= 0.3 is 0 Å². The molecule has 3 heterocycles. The molecule has 0 aliphatic carbocycles. The van der Waals surface area contributed by atoms with Crippen molar-refractivity contribution >= 4 is 11.6 Å². The van der Waals surface area contributed by atoms with Gasteiger partial charge in [0.15, 0.2) is 0 Å². The van der Waals surface area contributed by atoms with E-state index < -0.39 is 0 Å². The third kappa shape index (κ3) is 3.90. The molecule has 7 nitrogen and oxygen atoms in total. The van der Waals surface area contributed by atoms with E-state index in [4.69, 9.17) is 4.74 Å². The quantitative estimate of drug-likeness (QED) is 0.686. The molecule has 0 unspecified atom stereocenters. The fraction of sp³-hybridized carbons (Fsp3) is 0.348. The molecule has 160 valence electrons. The lowest BCUT2D eigenvalue weighted by molar-refractivity contribution is 0.100. The Bertz CT molecular complexity index is 1100. The van der Waals surface area contributed by atoms with E-state index in [1.54, 1.807) is 37.4 Å². The van der Waals surface area contributed by atoms with E-state index in [1.165, 1.54) is 6.07 Å². The van der Waals surface area contributed by atoms with Crippen LogP contribution in [-0.2, 0) is 19.5 Å². The van der Waals surface area contributed by atoms with Crippen LogP contribution in [0.5, 0.6) is 5.75 Å². The van der Waals surface area contributed by atoms with Crippen LogP contribution in [0, 0.1) is 17.7 Å². The number of carbonyl (C=O) groups excluding carboxylic acids is 1. The van der Waals surface area contributed by atoms with Gasteiger partial charge in [-0.15, -0.1) is 10.2 Å². The van der Waals surface area contributed by atoms with Crippen LogP contribution in [0.4, 0.5) is 10.1 Å². The summed E-state index contributed by atoms with van der Waals surface area (Å²) >= 11 is 0. The van der Waals surface area contributed by atoms with Crippen LogP contribution in [0.3, 0.4) is 0 Å². The first-order valence-corrected chi connectivity index (χ1v) is 10.4. The highest BCUT2D eigenvalue weighted by Crippen LogP contribution is 2.33. The largest absolute Gasteiger partial charge is 0.497 e. The molecule has 0 bridgehead atoms. The number of aromatic nitrogens is 3. The maximum absolute atomic E-state index is 14.0. The van der Waals surface area contributed by atoms with Crippen molar-refractivity contribution in [3.63, 3.8) is 0 Å². The molecule has 2 aromatic carbocycles. The van der Waals surface area contributed by atoms with Gasteiger partial charge in [-0.3, -0.25) is 9.69 Å². The van der Waals surface area contributed by atoms with Crippen molar-refractivity contribution in [2.75, 3.05) is 25.5 Å². The van der Waals surface area contributed by atoms with E-state index in [0.717, 1.165) is 36.6 Å². The number of hydrogen-bond donors (Lipinski definition) is 1. The lowest BCUT2D eigenvalue weighted by Gasteiger charge is -2.25. The predicted molar refractivity (Wildman–Crippen MR) is 113 cm³/mol. The molecule has 0 saturated carbocycles. The Balaban J connectivity index is 1.27. The number of rotatable bonds is 5. The number of carbonyl (C=O) groups is 1. The van der Waals surface area contributed by atoms with E-state index >= 15 is 0 Å². The van der Waals surface area contributed by atoms with Crippen LogP contribution in [0.2, 0.25) is 0 Å². The van der Waals surface area contributed by atoms with Crippen LogP contribution >= 0.6 is 0 Å². The van der Waals surface area contributed by atoms with Gasteiger partial charge in [0.05, 0.1) is 7.11 Å². The highest BCUT2D eigenvalue weighted by Gasteiger charge is 2.39. The monoisotopic (exact) mass is 421 g/mol. The predicted octanol–water partition coefficient (Wildman–Crippen LogP) is 2.98. The molecular formula is C23H24FN5O2. The Labute approximate surface area is 179 Å². The highest BCUT2D eigenvalue weighted by atomic mass is 19.1. The average molecular weight is 421 g/mol. The van der Waals surface area contributed by atoms with Crippen molar-refractivity contribution in [2.24, 2.45) is 11.8 Å². The van der Waals surface area contributed by atoms with Gasteiger partial charge in [0.1, 0.15) is 17.4 Å². The molecule has 1 N–H and O–H groups in total. The third-order valence-corrected chi connectivity index (χ3v) is 6.24. The third-order valence-electron chi connectivity index (χ3n) is 6.24. The average Bonchev–Trinajstić information content (AvgIpc) is 3.37. The van der Waals surface area contributed by atoms with Gasteiger partial charge in [-0.05, 0) is 42.2 Å². The van der Waals surface area contributed by atoms with Crippen molar-refractivity contribution in [2.45, 2.75) is 19.5 Å². The number of amides is 1. The minimum absolute atomic E-state index is 0.160. The molecule has 2 aliphatic heterocycles. The number of likely N-dealkylation sites (tertiary alicyclic amines) is 1. The summed E-state index contributed by atoms with van der Waals surface area (Å²) in [5.41, 5.74) is 1.40. The van der Waals surface area contributed by atoms with Crippen molar-refractivity contribution in [1.29, 1.82) is 0 Å². The van der Waals surface area contributed by atoms with Crippen molar-refractivity contribution in [1.82, 2.24) is 19.7 Å². The van der Waals surface area contributed by atoms with Crippen molar-refractivity contribution in [3.8, 4) is 5.75 Å². The maximum atomic E-state index is 14.0. The SMILES string of the molecule is COc1ccc(NC(=O)c2nnc3n2C[C@H]2CN(Cc4ccccc4F)C[C@H]2C3)cc1. The smallest absolute Gasteiger partial charge is 0.293 e. The summed E-state index contributed by atoms with van der Waals surface area (Å²) in [5.74, 6) is 2.30. The Morgan fingerprint density at radius 1 is 1.10 bits per heavy atom. The number of nitrogens with one attached hydrogen (secondary N) is 1. The Hall–Kier alpha value is -3.26. The van der Waals surface area contributed by atoms with E-state index in [1.807, 2.05) is 16.7 Å².